The first kappa shape index (κ1) is 14.7. The van der Waals surface area contributed by atoms with Crippen LogP contribution in [0.4, 0.5) is 0 Å². The van der Waals surface area contributed by atoms with Gasteiger partial charge in [0.05, 0.1) is 0 Å². The molecule has 0 amide bonds. The van der Waals surface area contributed by atoms with Crippen molar-refractivity contribution in [3.8, 4) is 0 Å². The number of rotatable bonds is 4. The summed E-state index contributed by atoms with van der Waals surface area (Å²) in [4.78, 5) is 4.51. The Morgan fingerprint density at radius 1 is 1.37 bits per heavy atom. The largest absolute Gasteiger partial charge is 0.417 e. The average Bonchev–Trinajstić information content (AvgIpc) is 2.99. The minimum Gasteiger partial charge on any atom is -0.417 e. The molecule has 1 aromatic heterocycles. The van der Waals surface area contributed by atoms with Gasteiger partial charge in [-0.15, -0.1) is 0 Å². The number of pyridine rings is 1. The van der Waals surface area contributed by atoms with Crippen LogP contribution in [0, 0.1) is 5.92 Å². The first-order valence-corrected chi connectivity index (χ1v) is 10.1. The summed E-state index contributed by atoms with van der Waals surface area (Å²) in [5.41, 5.74) is 1.46. The molecule has 2 atom stereocenters. The lowest BCUT2D eigenvalue weighted by Gasteiger charge is -2.36. The van der Waals surface area contributed by atoms with E-state index in [1.54, 1.807) is 0 Å². The average molecular weight is 277 g/mol. The molecular weight excluding hydrogens is 250 g/mol. The number of hydrogen-bond donors (Lipinski definition) is 0. The van der Waals surface area contributed by atoms with Gasteiger partial charge in [0.1, 0.15) is 0 Å². The molecule has 0 unspecified atom stereocenters. The zero-order chi connectivity index (χ0) is 14.3. The Morgan fingerprint density at radius 3 is 2.58 bits per heavy atom. The molecule has 1 fully saturated rings. The van der Waals surface area contributed by atoms with Crippen molar-refractivity contribution in [1.82, 2.24) is 4.98 Å². The monoisotopic (exact) mass is 277 g/mol. The molecule has 1 saturated carbocycles. The molecule has 1 heterocycles. The molecule has 2 rings (SSSR count). The fraction of sp³-hybridized carbons (Fsp3) is 0.688. The van der Waals surface area contributed by atoms with Crippen LogP contribution >= 0.6 is 0 Å². The van der Waals surface area contributed by atoms with Crippen LogP contribution in [-0.4, -0.2) is 19.9 Å². The van der Waals surface area contributed by atoms with Crippen LogP contribution < -0.4 is 0 Å². The molecule has 1 aliphatic carbocycles. The Kier molecular flexibility index (Phi) is 3.65. The zero-order valence-corrected chi connectivity index (χ0v) is 14.2. The number of nitrogens with zero attached hydrogens (tertiary/aromatic N) is 1. The van der Waals surface area contributed by atoms with Crippen LogP contribution in [0.25, 0.3) is 0 Å². The van der Waals surface area contributed by atoms with Gasteiger partial charge in [-0.2, -0.15) is 0 Å². The summed E-state index contributed by atoms with van der Waals surface area (Å²) in [5.74, 6) is 0.636. The van der Waals surface area contributed by atoms with Gasteiger partial charge >= 0.3 is 0 Å². The van der Waals surface area contributed by atoms with Crippen LogP contribution in [0.3, 0.4) is 0 Å². The second-order valence-electron chi connectivity index (χ2n) is 7.60. The van der Waals surface area contributed by atoms with Gasteiger partial charge < -0.3 is 4.43 Å². The lowest BCUT2D eigenvalue weighted by atomic mass is 10.0. The molecule has 19 heavy (non-hydrogen) atoms. The highest BCUT2D eigenvalue weighted by Crippen LogP contribution is 2.54. The van der Waals surface area contributed by atoms with Crippen molar-refractivity contribution in [2.45, 2.75) is 57.7 Å². The molecule has 0 N–H and O–H groups in total. The SMILES string of the molecule is CC(C)(C)[Si](C)(C)OC[C@H]1C[C@]1(C)c1ccccn1. The maximum absolute atomic E-state index is 6.35. The van der Waals surface area contributed by atoms with E-state index in [-0.39, 0.29) is 5.41 Å². The van der Waals surface area contributed by atoms with Crippen LogP contribution in [0.1, 0.15) is 39.8 Å². The van der Waals surface area contributed by atoms with Gasteiger partial charge in [0.25, 0.3) is 0 Å². The van der Waals surface area contributed by atoms with Crippen molar-refractivity contribution in [3.63, 3.8) is 0 Å². The van der Waals surface area contributed by atoms with E-state index in [2.05, 4.69) is 57.9 Å². The summed E-state index contributed by atoms with van der Waals surface area (Å²) in [6, 6.07) is 6.21. The zero-order valence-electron chi connectivity index (χ0n) is 13.2. The Labute approximate surface area is 118 Å². The summed E-state index contributed by atoms with van der Waals surface area (Å²) in [6.45, 7) is 14.7. The molecule has 1 aromatic rings. The first-order valence-electron chi connectivity index (χ1n) is 7.22. The van der Waals surface area contributed by atoms with Crippen LogP contribution in [0.2, 0.25) is 18.1 Å². The van der Waals surface area contributed by atoms with Crippen molar-refractivity contribution in [1.29, 1.82) is 0 Å². The second kappa shape index (κ2) is 4.71. The van der Waals surface area contributed by atoms with E-state index < -0.39 is 8.32 Å². The third-order valence-corrected chi connectivity index (χ3v) is 9.61. The lowest BCUT2D eigenvalue weighted by Crippen LogP contribution is -2.41. The summed E-state index contributed by atoms with van der Waals surface area (Å²) >= 11 is 0. The minimum atomic E-state index is -1.61. The van der Waals surface area contributed by atoms with Gasteiger partial charge in [0.15, 0.2) is 8.32 Å². The predicted octanol–water partition coefficient (Wildman–Crippen LogP) is 4.38. The Hall–Kier alpha value is -0.673. The van der Waals surface area contributed by atoms with E-state index in [0.717, 1.165) is 6.61 Å². The van der Waals surface area contributed by atoms with E-state index in [1.165, 1.54) is 12.1 Å². The van der Waals surface area contributed by atoms with Gasteiger partial charge in [0, 0.05) is 23.9 Å². The number of hydrogen-bond acceptors (Lipinski definition) is 2. The summed E-state index contributed by atoms with van der Waals surface area (Å²) in [5, 5.41) is 0.295. The molecule has 2 nitrogen and oxygen atoms in total. The van der Waals surface area contributed by atoms with E-state index in [9.17, 15) is 0 Å². The second-order valence-corrected chi connectivity index (χ2v) is 12.4. The van der Waals surface area contributed by atoms with Crippen LogP contribution in [0.5, 0.6) is 0 Å². The molecule has 0 radical (unpaired) electrons. The highest BCUT2D eigenvalue weighted by atomic mass is 28.4. The molecule has 3 heteroatoms. The highest BCUT2D eigenvalue weighted by Gasteiger charge is 2.53. The fourth-order valence-corrected chi connectivity index (χ4v) is 3.29. The first-order chi connectivity index (χ1) is 8.67. The molecule has 0 saturated heterocycles. The molecule has 0 bridgehead atoms. The molecule has 106 valence electrons. The summed E-state index contributed by atoms with van der Waals surface area (Å²) in [7, 11) is -1.61. The summed E-state index contributed by atoms with van der Waals surface area (Å²) in [6.07, 6.45) is 3.10. The third kappa shape index (κ3) is 2.92. The standard InChI is InChI=1S/C16H27NOSi/c1-15(2,3)19(5,6)18-12-13-11-16(13,4)14-9-7-8-10-17-14/h7-10,13H,11-12H2,1-6H3/t13-,16+/m1/s1. The van der Waals surface area contributed by atoms with Crippen LogP contribution in [0.15, 0.2) is 24.4 Å². The van der Waals surface area contributed by atoms with Gasteiger partial charge in [-0.05, 0) is 42.6 Å². The normalized spacial score (nSPS) is 27.4. The fourth-order valence-electron chi connectivity index (χ4n) is 2.24. The lowest BCUT2D eigenvalue weighted by molar-refractivity contribution is 0.262. The molecular formula is C16H27NOSi. The van der Waals surface area contributed by atoms with E-state index in [0.29, 0.717) is 11.0 Å². The quantitative estimate of drug-likeness (QED) is 0.762. The maximum Gasteiger partial charge on any atom is 0.191 e. The van der Waals surface area contributed by atoms with Crippen molar-refractivity contribution in [3.05, 3.63) is 30.1 Å². The Balaban J connectivity index is 1.95. The van der Waals surface area contributed by atoms with Crippen molar-refractivity contribution >= 4 is 8.32 Å². The molecule has 1 aliphatic rings. The highest BCUT2D eigenvalue weighted by molar-refractivity contribution is 6.74. The maximum atomic E-state index is 6.35. The third-order valence-electron chi connectivity index (χ3n) is 5.11. The van der Waals surface area contributed by atoms with Gasteiger partial charge in [-0.1, -0.05) is 33.8 Å². The van der Waals surface area contributed by atoms with Gasteiger partial charge in [0.2, 0.25) is 0 Å². The Bertz CT molecular complexity index is 438. The summed E-state index contributed by atoms with van der Waals surface area (Å²) < 4.78 is 6.35. The van der Waals surface area contributed by atoms with Gasteiger partial charge in [-0.25, -0.2) is 0 Å². The molecule has 0 aromatic carbocycles. The van der Waals surface area contributed by atoms with Crippen molar-refractivity contribution in [2.75, 3.05) is 6.61 Å². The van der Waals surface area contributed by atoms with E-state index in [4.69, 9.17) is 4.43 Å². The van der Waals surface area contributed by atoms with Crippen molar-refractivity contribution in [2.24, 2.45) is 5.92 Å². The Morgan fingerprint density at radius 2 is 2.05 bits per heavy atom. The minimum absolute atomic E-state index is 0.240. The molecule has 0 spiro atoms. The van der Waals surface area contributed by atoms with Gasteiger partial charge in [-0.3, -0.25) is 4.98 Å². The number of aromatic nitrogens is 1. The topological polar surface area (TPSA) is 22.1 Å². The van der Waals surface area contributed by atoms with E-state index >= 15 is 0 Å². The van der Waals surface area contributed by atoms with Crippen molar-refractivity contribution < 1.29 is 4.43 Å². The molecule has 0 aliphatic heterocycles. The van der Waals surface area contributed by atoms with Crippen LogP contribution in [-0.2, 0) is 9.84 Å². The van der Waals surface area contributed by atoms with E-state index in [1.807, 2.05) is 12.3 Å². The predicted molar refractivity (Wildman–Crippen MR) is 82.8 cm³/mol. The smallest absolute Gasteiger partial charge is 0.191 e.